The molecule has 0 fully saturated rings. The van der Waals surface area contributed by atoms with Crippen molar-refractivity contribution in [2.45, 2.75) is 0 Å². The maximum atomic E-state index is 9.12. The highest BCUT2D eigenvalue weighted by atomic mass is 16.5. The average molecular weight is 268 g/mol. The van der Waals surface area contributed by atoms with E-state index in [1.54, 1.807) is 25.3 Å². The summed E-state index contributed by atoms with van der Waals surface area (Å²) in [5, 5.41) is 9.12. The molecule has 4 nitrogen and oxygen atoms in total. The molecule has 0 N–H and O–H groups in total. The van der Waals surface area contributed by atoms with Gasteiger partial charge in [-0.1, -0.05) is 6.07 Å². The minimum atomic E-state index is 0.473. The van der Waals surface area contributed by atoms with E-state index in [1.807, 2.05) is 43.3 Å². The van der Waals surface area contributed by atoms with Crippen LogP contribution in [0.1, 0.15) is 5.56 Å². The Morgan fingerprint density at radius 1 is 1.05 bits per heavy atom. The summed E-state index contributed by atoms with van der Waals surface area (Å²) in [6, 6.07) is 14.9. The van der Waals surface area contributed by atoms with Gasteiger partial charge >= 0.3 is 0 Å². The molecule has 0 aromatic heterocycles. The van der Waals surface area contributed by atoms with Crippen LogP contribution >= 0.6 is 0 Å². The van der Waals surface area contributed by atoms with Gasteiger partial charge in [-0.2, -0.15) is 5.26 Å². The maximum Gasteiger partial charge on any atom is 0.148 e. The van der Waals surface area contributed by atoms with E-state index in [2.05, 4.69) is 6.07 Å². The molecule has 0 amide bonds. The standard InChI is InChI=1S/C16H16N2O2/c1-18(2)13-5-4-6-15(9-13)20-16-10-14(19-3)8-7-12(16)11-17/h4-10H,1-3H3. The van der Waals surface area contributed by atoms with Crippen LogP contribution in [0.15, 0.2) is 42.5 Å². The third-order valence-electron chi connectivity index (χ3n) is 2.87. The molecular weight excluding hydrogens is 252 g/mol. The van der Waals surface area contributed by atoms with Crippen molar-refractivity contribution in [2.24, 2.45) is 0 Å². The zero-order chi connectivity index (χ0) is 14.5. The van der Waals surface area contributed by atoms with Crippen LogP contribution in [0, 0.1) is 11.3 Å². The van der Waals surface area contributed by atoms with Crippen molar-refractivity contribution in [3.63, 3.8) is 0 Å². The summed E-state index contributed by atoms with van der Waals surface area (Å²) in [7, 11) is 5.51. The summed E-state index contributed by atoms with van der Waals surface area (Å²) in [5.74, 6) is 1.83. The number of anilines is 1. The fourth-order valence-corrected chi connectivity index (χ4v) is 1.76. The SMILES string of the molecule is COc1ccc(C#N)c(Oc2cccc(N(C)C)c2)c1. The Morgan fingerprint density at radius 2 is 1.85 bits per heavy atom. The van der Waals surface area contributed by atoms with Crippen molar-refractivity contribution in [1.29, 1.82) is 5.26 Å². The largest absolute Gasteiger partial charge is 0.497 e. The van der Waals surface area contributed by atoms with Gasteiger partial charge < -0.3 is 14.4 Å². The molecule has 0 aliphatic heterocycles. The molecular formula is C16H16N2O2. The van der Waals surface area contributed by atoms with E-state index in [0.29, 0.717) is 22.8 Å². The molecule has 0 aliphatic rings. The monoisotopic (exact) mass is 268 g/mol. The molecule has 0 aliphatic carbocycles. The number of nitrogens with zero attached hydrogens (tertiary/aromatic N) is 2. The van der Waals surface area contributed by atoms with Gasteiger partial charge in [-0.25, -0.2) is 0 Å². The highest BCUT2D eigenvalue weighted by molar-refractivity contribution is 5.53. The second-order valence-corrected chi connectivity index (χ2v) is 4.47. The minimum Gasteiger partial charge on any atom is -0.497 e. The predicted octanol–water partition coefficient (Wildman–Crippen LogP) is 3.43. The lowest BCUT2D eigenvalue weighted by Crippen LogP contribution is -2.08. The van der Waals surface area contributed by atoms with Crippen LogP contribution in [-0.2, 0) is 0 Å². The van der Waals surface area contributed by atoms with Crippen LogP contribution in [0.4, 0.5) is 5.69 Å². The molecule has 2 aromatic carbocycles. The van der Waals surface area contributed by atoms with E-state index in [9.17, 15) is 0 Å². The number of nitriles is 1. The van der Waals surface area contributed by atoms with Crippen molar-refractivity contribution in [2.75, 3.05) is 26.1 Å². The number of ether oxygens (including phenoxy) is 2. The summed E-state index contributed by atoms with van der Waals surface area (Å²) >= 11 is 0. The molecule has 2 aromatic rings. The van der Waals surface area contributed by atoms with Gasteiger partial charge in [-0.3, -0.25) is 0 Å². The average Bonchev–Trinajstić information content (AvgIpc) is 2.47. The summed E-state index contributed by atoms with van der Waals surface area (Å²) < 4.78 is 11.0. The molecule has 0 unspecified atom stereocenters. The molecule has 0 bridgehead atoms. The van der Waals surface area contributed by atoms with Crippen LogP contribution in [0.25, 0.3) is 0 Å². The molecule has 20 heavy (non-hydrogen) atoms. The first-order chi connectivity index (χ1) is 9.63. The van der Waals surface area contributed by atoms with E-state index in [-0.39, 0.29) is 0 Å². The lowest BCUT2D eigenvalue weighted by molar-refractivity contribution is 0.409. The fourth-order valence-electron chi connectivity index (χ4n) is 1.76. The fraction of sp³-hybridized carbons (Fsp3) is 0.188. The topological polar surface area (TPSA) is 45.5 Å². The van der Waals surface area contributed by atoms with Crippen LogP contribution in [0.2, 0.25) is 0 Å². The van der Waals surface area contributed by atoms with E-state index in [4.69, 9.17) is 14.7 Å². The Labute approximate surface area is 118 Å². The third kappa shape index (κ3) is 3.01. The van der Waals surface area contributed by atoms with Crippen molar-refractivity contribution in [3.8, 4) is 23.3 Å². The first-order valence-electron chi connectivity index (χ1n) is 6.17. The highest BCUT2D eigenvalue weighted by Crippen LogP contribution is 2.30. The summed E-state index contributed by atoms with van der Waals surface area (Å²) in [5.41, 5.74) is 1.50. The maximum absolute atomic E-state index is 9.12. The summed E-state index contributed by atoms with van der Waals surface area (Å²) in [6.07, 6.45) is 0. The smallest absolute Gasteiger partial charge is 0.148 e. The van der Waals surface area contributed by atoms with Crippen LogP contribution < -0.4 is 14.4 Å². The second-order valence-electron chi connectivity index (χ2n) is 4.47. The zero-order valence-corrected chi connectivity index (χ0v) is 11.8. The third-order valence-corrected chi connectivity index (χ3v) is 2.87. The van der Waals surface area contributed by atoms with Gasteiger partial charge in [0.25, 0.3) is 0 Å². The summed E-state index contributed by atoms with van der Waals surface area (Å²) in [6.45, 7) is 0. The number of hydrogen-bond donors (Lipinski definition) is 0. The van der Waals surface area contributed by atoms with Gasteiger partial charge in [-0.05, 0) is 24.3 Å². The molecule has 0 radical (unpaired) electrons. The van der Waals surface area contributed by atoms with Gasteiger partial charge in [0.15, 0.2) is 0 Å². The van der Waals surface area contributed by atoms with Gasteiger partial charge in [-0.15, -0.1) is 0 Å². The highest BCUT2D eigenvalue weighted by Gasteiger charge is 2.07. The molecule has 0 atom stereocenters. The van der Waals surface area contributed by atoms with Crippen LogP contribution in [-0.4, -0.2) is 21.2 Å². The molecule has 0 saturated heterocycles. The lowest BCUT2D eigenvalue weighted by atomic mass is 10.2. The van der Waals surface area contributed by atoms with E-state index in [0.717, 1.165) is 5.69 Å². The second kappa shape index (κ2) is 5.98. The first-order valence-corrected chi connectivity index (χ1v) is 6.17. The molecule has 0 spiro atoms. The van der Waals surface area contributed by atoms with Crippen LogP contribution in [0.5, 0.6) is 17.2 Å². The molecule has 0 heterocycles. The van der Waals surface area contributed by atoms with Crippen LogP contribution in [0.3, 0.4) is 0 Å². The quantitative estimate of drug-likeness (QED) is 0.852. The van der Waals surface area contributed by atoms with Gasteiger partial charge in [0.2, 0.25) is 0 Å². The number of methoxy groups -OCH3 is 1. The Hall–Kier alpha value is -2.67. The normalized spacial score (nSPS) is 9.70. The molecule has 4 heteroatoms. The number of benzene rings is 2. The number of rotatable bonds is 4. The van der Waals surface area contributed by atoms with Crippen molar-refractivity contribution < 1.29 is 9.47 Å². The lowest BCUT2D eigenvalue weighted by Gasteiger charge is -2.14. The predicted molar refractivity (Wildman–Crippen MR) is 78.6 cm³/mol. The van der Waals surface area contributed by atoms with E-state index < -0.39 is 0 Å². The van der Waals surface area contributed by atoms with Gasteiger partial charge in [0.05, 0.1) is 12.7 Å². The van der Waals surface area contributed by atoms with Crippen molar-refractivity contribution in [3.05, 3.63) is 48.0 Å². The van der Waals surface area contributed by atoms with E-state index in [1.165, 1.54) is 0 Å². The Kier molecular flexibility index (Phi) is 4.11. The number of hydrogen-bond acceptors (Lipinski definition) is 4. The zero-order valence-electron chi connectivity index (χ0n) is 11.8. The Morgan fingerprint density at radius 3 is 2.50 bits per heavy atom. The Bertz CT molecular complexity index is 645. The van der Waals surface area contributed by atoms with Crippen molar-refractivity contribution in [1.82, 2.24) is 0 Å². The van der Waals surface area contributed by atoms with Crippen molar-refractivity contribution >= 4 is 5.69 Å². The van der Waals surface area contributed by atoms with E-state index >= 15 is 0 Å². The Balaban J connectivity index is 2.34. The van der Waals surface area contributed by atoms with Gasteiger partial charge in [0.1, 0.15) is 23.3 Å². The molecule has 102 valence electrons. The molecule has 2 rings (SSSR count). The van der Waals surface area contributed by atoms with Gasteiger partial charge in [0, 0.05) is 31.9 Å². The first kappa shape index (κ1) is 13.8. The molecule has 0 saturated carbocycles. The minimum absolute atomic E-state index is 0.473. The summed E-state index contributed by atoms with van der Waals surface area (Å²) in [4.78, 5) is 1.99.